The van der Waals surface area contributed by atoms with E-state index in [0.717, 1.165) is 77.9 Å². The summed E-state index contributed by atoms with van der Waals surface area (Å²) >= 11 is 0. The summed E-state index contributed by atoms with van der Waals surface area (Å²) < 4.78 is 10.9. The molecule has 0 N–H and O–H groups in total. The minimum Gasteiger partial charge on any atom is -0.423 e. The average molecular weight is 921 g/mol. The first-order valence-corrected chi connectivity index (χ1v) is 23.6. The van der Waals surface area contributed by atoms with Crippen molar-refractivity contribution in [2.45, 2.75) is 19.3 Å². The molecule has 0 radical (unpaired) electrons. The van der Waals surface area contributed by atoms with Crippen LogP contribution in [0.3, 0.4) is 0 Å². The van der Waals surface area contributed by atoms with Crippen LogP contribution in [0.2, 0.25) is 0 Å². The van der Waals surface area contributed by atoms with Gasteiger partial charge < -0.3 is 19.3 Å². The molecule has 0 unspecified atom stereocenters. The Hall–Kier alpha value is -9.26. The molecule has 0 atom stereocenters. The first-order chi connectivity index (χ1) is 34.6. The largest absolute Gasteiger partial charge is 0.423 e. The lowest BCUT2D eigenvalue weighted by Gasteiger charge is -2.29. The first kappa shape index (κ1) is 44.3. The second-order valence-electron chi connectivity index (χ2n) is 18.2. The Morgan fingerprint density at radius 2 is 0.704 bits per heavy atom. The highest BCUT2D eigenvalue weighted by molar-refractivity contribution is 5.95. The summed E-state index contributed by atoms with van der Waals surface area (Å²) in [7, 11) is 0. The molecule has 342 valence electrons. The maximum atomic E-state index is 12.0. The number of anilines is 6. The Morgan fingerprint density at radius 1 is 0.380 bits per heavy atom. The van der Waals surface area contributed by atoms with E-state index in [1.165, 1.54) is 34.4 Å². The van der Waals surface area contributed by atoms with E-state index >= 15 is 0 Å². The molecule has 0 saturated heterocycles. The predicted octanol–water partition coefficient (Wildman–Crippen LogP) is 16.8. The lowest BCUT2D eigenvalue weighted by atomic mass is 9.82. The summed E-state index contributed by atoms with van der Waals surface area (Å²) in [5.74, 6) is -0.0490. The van der Waals surface area contributed by atoms with Crippen molar-refractivity contribution in [2.75, 3.05) is 9.80 Å². The van der Waals surface area contributed by atoms with Gasteiger partial charge in [0.15, 0.2) is 0 Å². The number of hydrogen-bond donors (Lipinski definition) is 0. The minimum absolute atomic E-state index is 0.367. The molecule has 10 aromatic carbocycles. The number of carbonyl (C=O) groups excluding carboxylic acids is 2. The van der Waals surface area contributed by atoms with Crippen LogP contribution in [0.25, 0.3) is 54.9 Å². The molecular weight excluding hydrogens is 873 g/mol. The average Bonchev–Trinajstić information content (AvgIpc) is 3.64. The zero-order valence-corrected chi connectivity index (χ0v) is 39.4. The molecule has 0 heterocycles. The number of rotatable bonds is 12. The quantitative estimate of drug-likeness (QED) is 0.0691. The second kappa shape index (κ2) is 18.3. The molecule has 0 aliphatic heterocycles. The van der Waals surface area contributed by atoms with Crippen LogP contribution in [0, 0.1) is 0 Å². The first-order valence-electron chi connectivity index (χ1n) is 23.6. The van der Waals surface area contributed by atoms with Crippen LogP contribution < -0.4 is 19.3 Å². The molecule has 11 rings (SSSR count). The van der Waals surface area contributed by atoms with Gasteiger partial charge in [-0.3, -0.25) is 0 Å². The molecule has 1 aliphatic carbocycles. The van der Waals surface area contributed by atoms with E-state index < -0.39 is 11.9 Å². The van der Waals surface area contributed by atoms with E-state index in [1.54, 1.807) is 0 Å². The minimum atomic E-state index is -0.494. The van der Waals surface area contributed by atoms with Crippen molar-refractivity contribution in [3.05, 3.63) is 255 Å². The molecule has 0 saturated carbocycles. The van der Waals surface area contributed by atoms with Gasteiger partial charge in [-0.1, -0.05) is 148 Å². The van der Waals surface area contributed by atoms with E-state index in [0.29, 0.717) is 11.5 Å². The number of carbonyl (C=O) groups is 2. The third-order valence-corrected chi connectivity index (χ3v) is 13.5. The number of nitrogens with zero attached hydrogens (tertiary/aromatic N) is 2. The maximum Gasteiger partial charge on any atom is 0.335 e. The van der Waals surface area contributed by atoms with Gasteiger partial charge in [-0.05, 0) is 163 Å². The summed E-state index contributed by atoms with van der Waals surface area (Å²) in [4.78, 5) is 28.7. The SMILES string of the molecule is C=CC(=O)Oc1ccc2cc(N(c3ccc(-c4ccccc4)cc3)c3ccc4c(c3)C(C)(C)c3cc(N(c5ccc(-c6ccccc6)cc5)c5ccc6cc(OC(=O)C=C)ccc6c5)ccc3-4)ccc2c1. The van der Waals surface area contributed by atoms with Crippen LogP contribution in [0.4, 0.5) is 34.1 Å². The molecule has 0 aromatic heterocycles. The van der Waals surface area contributed by atoms with Crippen LogP contribution in [-0.4, -0.2) is 11.9 Å². The van der Waals surface area contributed by atoms with Gasteiger partial charge in [0.25, 0.3) is 0 Å². The summed E-state index contributed by atoms with van der Waals surface area (Å²) in [6.07, 6.45) is 2.34. The topological polar surface area (TPSA) is 59.1 Å². The van der Waals surface area contributed by atoms with Gasteiger partial charge in [-0.25, -0.2) is 9.59 Å². The molecule has 0 bridgehead atoms. The molecule has 1 aliphatic rings. The number of ether oxygens (including phenoxy) is 2. The van der Waals surface area contributed by atoms with Gasteiger partial charge in [0, 0.05) is 51.7 Å². The van der Waals surface area contributed by atoms with Gasteiger partial charge in [0.2, 0.25) is 0 Å². The third kappa shape index (κ3) is 8.53. The van der Waals surface area contributed by atoms with E-state index in [9.17, 15) is 9.59 Å². The van der Waals surface area contributed by atoms with Crippen molar-refractivity contribution >= 4 is 67.6 Å². The normalized spacial score (nSPS) is 12.1. The van der Waals surface area contributed by atoms with Crippen molar-refractivity contribution in [1.82, 2.24) is 0 Å². The fourth-order valence-corrected chi connectivity index (χ4v) is 9.90. The van der Waals surface area contributed by atoms with Crippen LogP contribution in [-0.2, 0) is 15.0 Å². The van der Waals surface area contributed by atoms with Crippen molar-refractivity contribution in [2.24, 2.45) is 0 Å². The standard InChI is InChI=1S/C65H48N2O4/c1-5-63(68)70-57-33-23-47-37-53(29-21-49(47)39-57)66(51-25-17-45(18-26-51)43-13-9-7-10-14-43)55-31-35-59-60-36-32-56(42-62(60)65(3,4)61(59)41-55)67(52-27-19-46(20-28-52)44-15-11-8-12-16-44)54-30-22-50-40-58(71-64(69)6-2)34-24-48(50)38-54/h5-42H,1-2H2,3-4H3. The highest BCUT2D eigenvalue weighted by Gasteiger charge is 2.37. The Kier molecular flexibility index (Phi) is 11.4. The Labute approximate surface area is 413 Å². The molecule has 6 nitrogen and oxygen atoms in total. The van der Waals surface area contributed by atoms with E-state index in [4.69, 9.17) is 9.47 Å². The summed E-state index contributed by atoms with van der Waals surface area (Å²) in [5.41, 5.74) is 15.2. The van der Waals surface area contributed by atoms with Crippen molar-refractivity contribution in [3.8, 4) is 44.9 Å². The van der Waals surface area contributed by atoms with Crippen LogP contribution in [0.15, 0.2) is 244 Å². The number of benzene rings is 10. The smallest absolute Gasteiger partial charge is 0.335 e. The zero-order valence-electron chi connectivity index (χ0n) is 39.4. The van der Waals surface area contributed by atoms with E-state index in [1.807, 2.05) is 48.5 Å². The van der Waals surface area contributed by atoms with Crippen LogP contribution in [0.5, 0.6) is 11.5 Å². The fourth-order valence-electron chi connectivity index (χ4n) is 9.90. The lowest BCUT2D eigenvalue weighted by Crippen LogP contribution is -2.17. The highest BCUT2D eigenvalue weighted by Crippen LogP contribution is 2.53. The van der Waals surface area contributed by atoms with Crippen molar-refractivity contribution in [3.63, 3.8) is 0 Å². The van der Waals surface area contributed by atoms with Crippen molar-refractivity contribution in [1.29, 1.82) is 0 Å². The van der Waals surface area contributed by atoms with Crippen LogP contribution in [0.1, 0.15) is 25.0 Å². The number of esters is 2. The third-order valence-electron chi connectivity index (χ3n) is 13.5. The monoisotopic (exact) mass is 920 g/mol. The Balaban J connectivity index is 0.990. The van der Waals surface area contributed by atoms with Gasteiger partial charge in [-0.2, -0.15) is 0 Å². The molecule has 0 fully saturated rings. The summed E-state index contributed by atoms with van der Waals surface area (Å²) in [6.45, 7) is 11.7. The predicted molar refractivity (Wildman–Crippen MR) is 291 cm³/mol. The fraction of sp³-hybridized carbons (Fsp3) is 0.0462. The molecule has 0 amide bonds. The Bertz CT molecular complexity index is 3450. The maximum absolute atomic E-state index is 12.0. The van der Waals surface area contributed by atoms with Crippen molar-refractivity contribution < 1.29 is 19.1 Å². The summed E-state index contributed by atoms with van der Waals surface area (Å²) in [6, 6.07) is 76.2. The number of hydrogen-bond acceptors (Lipinski definition) is 6. The van der Waals surface area contributed by atoms with Crippen LogP contribution >= 0.6 is 0 Å². The summed E-state index contributed by atoms with van der Waals surface area (Å²) in [5, 5.41) is 3.93. The van der Waals surface area contributed by atoms with E-state index in [-0.39, 0.29) is 5.41 Å². The second-order valence-corrected chi connectivity index (χ2v) is 18.2. The zero-order chi connectivity index (χ0) is 48.6. The van der Waals surface area contributed by atoms with Gasteiger partial charge in [0.05, 0.1) is 0 Å². The molecule has 0 spiro atoms. The molecule has 10 aromatic rings. The lowest BCUT2D eigenvalue weighted by molar-refractivity contribution is -0.129. The highest BCUT2D eigenvalue weighted by atomic mass is 16.5. The van der Waals surface area contributed by atoms with Gasteiger partial charge in [0.1, 0.15) is 11.5 Å². The molecular formula is C65H48N2O4. The number of fused-ring (bicyclic) bond motifs is 5. The molecule has 6 heteroatoms. The molecule has 71 heavy (non-hydrogen) atoms. The van der Waals surface area contributed by atoms with E-state index in [2.05, 4.69) is 207 Å². The van der Waals surface area contributed by atoms with Gasteiger partial charge in [-0.15, -0.1) is 0 Å². The Morgan fingerprint density at radius 3 is 1.10 bits per heavy atom. The van der Waals surface area contributed by atoms with Gasteiger partial charge >= 0.3 is 11.9 Å².